The number of thiazole rings is 1. The van der Waals surface area contributed by atoms with Crippen molar-refractivity contribution >= 4 is 22.9 Å². The highest BCUT2D eigenvalue weighted by atomic mass is 35.5. The van der Waals surface area contributed by atoms with E-state index in [0.717, 1.165) is 9.44 Å². The molecule has 1 aromatic heterocycles. The molecule has 0 bridgehead atoms. The molecule has 0 saturated heterocycles. The van der Waals surface area contributed by atoms with Crippen molar-refractivity contribution in [1.82, 2.24) is 19.1 Å². The van der Waals surface area contributed by atoms with E-state index in [1.807, 2.05) is 0 Å². The van der Waals surface area contributed by atoms with Crippen molar-refractivity contribution in [3.05, 3.63) is 79.0 Å². The smallest absolute Gasteiger partial charge is 0.357 e. The van der Waals surface area contributed by atoms with Gasteiger partial charge in [0, 0.05) is 17.3 Å². The Kier molecular flexibility index (Phi) is 4.51. The summed E-state index contributed by atoms with van der Waals surface area (Å²) in [6.45, 7) is 0.409. The van der Waals surface area contributed by atoms with Crippen LogP contribution < -0.4 is 16.0 Å². The van der Waals surface area contributed by atoms with Crippen molar-refractivity contribution in [3.8, 4) is 22.8 Å². The minimum atomic E-state index is -0.667. The van der Waals surface area contributed by atoms with E-state index in [4.69, 9.17) is 16.3 Å². The van der Waals surface area contributed by atoms with Crippen LogP contribution in [0, 0.1) is 0 Å². The number of aromatic nitrogens is 4. The minimum Gasteiger partial charge on any atom is -0.495 e. The van der Waals surface area contributed by atoms with Crippen LogP contribution in [0.4, 0.5) is 0 Å². The molecule has 0 N–H and O–H groups in total. The highest BCUT2D eigenvalue weighted by Crippen LogP contribution is 2.23. The van der Waals surface area contributed by atoms with Gasteiger partial charge in [-0.25, -0.2) is 14.3 Å². The molecule has 2 aromatic rings. The predicted molar refractivity (Wildman–Crippen MR) is 103 cm³/mol. The molecule has 0 fully saturated rings. The van der Waals surface area contributed by atoms with Gasteiger partial charge in [-0.3, -0.25) is 4.79 Å². The molecule has 0 amide bonds. The number of para-hydroxylation sites is 2. The highest BCUT2D eigenvalue weighted by molar-refractivity contribution is 7.15. The average Bonchev–Trinajstić information content (AvgIpc) is 3.08. The Morgan fingerprint density at radius 1 is 1.19 bits per heavy atom. The first-order valence-electron chi connectivity index (χ1n) is 7.94. The Morgan fingerprint density at radius 2 is 2.00 bits per heavy atom. The van der Waals surface area contributed by atoms with Crippen molar-refractivity contribution in [2.75, 3.05) is 7.11 Å². The van der Waals surface area contributed by atoms with Crippen LogP contribution in [-0.2, 0) is 6.54 Å². The van der Waals surface area contributed by atoms with Crippen LogP contribution in [0.25, 0.3) is 17.1 Å². The summed E-state index contributed by atoms with van der Waals surface area (Å²) >= 11 is 7.21. The first kappa shape index (κ1) is 17.4. The summed E-state index contributed by atoms with van der Waals surface area (Å²) in [7, 11) is 1.48. The molecule has 0 spiro atoms. The molecule has 7 nitrogen and oxygen atoms in total. The van der Waals surface area contributed by atoms with E-state index in [0.29, 0.717) is 33.8 Å². The van der Waals surface area contributed by atoms with Crippen molar-refractivity contribution < 1.29 is 4.74 Å². The third-order valence-corrected chi connectivity index (χ3v) is 5.15. The third-order valence-electron chi connectivity index (χ3n) is 4.05. The quantitative estimate of drug-likeness (QED) is 0.526. The van der Waals surface area contributed by atoms with Gasteiger partial charge in [0.05, 0.1) is 24.9 Å². The van der Waals surface area contributed by atoms with Gasteiger partial charge >= 0.3 is 5.69 Å². The standard InChI is InChI=1S/C18H13ClN4O3S/c1-26-14-7-3-2-6-13(14)23-16(24)12-5-4-8-22(15(12)21-18(23)25)10-11-9-20-17(19)27-11/h2-9H,10H2,1H3. The molecule has 0 aliphatic carbocycles. The summed E-state index contributed by atoms with van der Waals surface area (Å²) < 4.78 is 8.46. The van der Waals surface area contributed by atoms with Crippen molar-refractivity contribution in [1.29, 1.82) is 0 Å². The van der Waals surface area contributed by atoms with Gasteiger partial charge < -0.3 is 9.30 Å². The van der Waals surface area contributed by atoms with E-state index >= 15 is 0 Å². The lowest BCUT2D eigenvalue weighted by molar-refractivity contribution is 0.412. The van der Waals surface area contributed by atoms with Crippen LogP contribution in [0.1, 0.15) is 4.88 Å². The summed E-state index contributed by atoms with van der Waals surface area (Å²) in [5.41, 5.74) is -0.432. The molecular weight excluding hydrogens is 388 g/mol. The van der Waals surface area contributed by atoms with Crippen molar-refractivity contribution in [2.45, 2.75) is 6.54 Å². The van der Waals surface area contributed by atoms with Gasteiger partial charge in [-0.2, -0.15) is 4.98 Å². The van der Waals surface area contributed by atoms with Gasteiger partial charge in [0.1, 0.15) is 5.75 Å². The number of fused-ring (bicyclic) bond motifs is 1. The van der Waals surface area contributed by atoms with Gasteiger partial charge in [-0.1, -0.05) is 23.7 Å². The molecule has 4 rings (SSSR count). The molecule has 2 aliphatic rings. The number of pyridine rings is 1. The number of nitrogens with zero attached hydrogens (tertiary/aromatic N) is 4. The number of halogens is 1. The predicted octanol–water partition coefficient (Wildman–Crippen LogP) is 2.67. The summed E-state index contributed by atoms with van der Waals surface area (Å²) in [6, 6.07) is 10.2. The second-order valence-electron chi connectivity index (χ2n) is 5.66. The van der Waals surface area contributed by atoms with E-state index in [2.05, 4.69) is 9.97 Å². The highest BCUT2D eigenvalue weighted by Gasteiger charge is 2.20. The molecule has 0 atom stereocenters. The second-order valence-corrected chi connectivity index (χ2v) is 7.36. The molecule has 136 valence electrons. The van der Waals surface area contributed by atoms with Crippen LogP contribution in [0.5, 0.6) is 5.75 Å². The Bertz CT molecular complexity index is 1210. The first-order valence-corrected chi connectivity index (χ1v) is 9.14. The van der Waals surface area contributed by atoms with E-state index in [9.17, 15) is 9.59 Å². The van der Waals surface area contributed by atoms with Crippen LogP contribution in [0.2, 0.25) is 4.47 Å². The molecular formula is C18H13ClN4O3S. The number of hydrogen-bond donors (Lipinski definition) is 0. The fourth-order valence-corrected chi connectivity index (χ4v) is 3.84. The van der Waals surface area contributed by atoms with E-state index in [1.54, 1.807) is 53.4 Å². The number of hydrogen-bond acceptors (Lipinski definition) is 6. The molecule has 0 unspecified atom stereocenters. The molecule has 9 heteroatoms. The maximum absolute atomic E-state index is 13.0. The van der Waals surface area contributed by atoms with Gasteiger partial charge in [0.15, 0.2) is 10.3 Å². The van der Waals surface area contributed by atoms with Crippen molar-refractivity contribution in [3.63, 3.8) is 0 Å². The number of methoxy groups -OCH3 is 1. The molecule has 0 radical (unpaired) electrons. The number of ether oxygens (including phenoxy) is 1. The van der Waals surface area contributed by atoms with Gasteiger partial charge in [0.2, 0.25) is 0 Å². The van der Waals surface area contributed by atoms with E-state index in [-0.39, 0.29) is 0 Å². The zero-order chi connectivity index (χ0) is 19.0. The van der Waals surface area contributed by atoms with Crippen molar-refractivity contribution in [2.24, 2.45) is 0 Å². The SMILES string of the molecule is COc1ccccc1-n1c(=O)nc2n(Cc3cnc(Cl)s3)cccc-2c1=O. The van der Waals surface area contributed by atoms with Gasteiger partial charge in [0.25, 0.3) is 5.56 Å². The zero-order valence-corrected chi connectivity index (χ0v) is 15.7. The topological polar surface area (TPSA) is 79.0 Å². The molecule has 2 aliphatic heterocycles. The van der Waals surface area contributed by atoms with Crippen LogP contribution in [0.3, 0.4) is 0 Å². The summed E-state index contributed by atoms with van der Waals surface area (Å²) in [4.78, 5) is 34.8. The Balaban J connectivity index is 1.91. The minimum absolute atomic E-state index is 0.308. The molecule has 27 heavy (non-hydrogen) atoms. The fraction of sp³-hybridized carbons (Fsp3) is 0.111. The fourth-order valence-electron chi connectivity index (χ4n) is 2.86. The monoisotopic (exact) mass is 400 g/mol. The molecule has 3 heterocycles. The maximum atomic E-state index is 13.0. The lowest BCUT2D eigenvalue weighted by atomic mass is 10.2. The van der Waals surface area contributed by atoms with E-state index < -0.39 is 11.2 Å². The van der Waals surface area contributed by atoms with Crippen LogP contribution in [-0.4, -0.2) is 26.2 Å². The number of benzene rings is 1. The van der Waals surface area contributed by atoms with E-state index in [1.165, 1.54) is 18.4 Å². The normalized spacial score (nSPS) is 11.0. The summed E-state index contributed by atoms with van der Waals surface area (Å²) in [5.74, 6) is 0.726. The number of rotatable bonds is 4. The Hall–Kier alpha value is -2.97. The molecule has 0 saturated carbocycles. The van der Waals surface area contributed by atoms with Crippen LogP contribution >= 0.6 is 22.9 Å². The lowest BCUT2D eigenvalue weighted by Crippen LogP contribution is -2.37. The van der Waals surface area contributed by atoms with Crippen LogP contribution in [0.15, 0.2) is 58.4 Å². The Morgan fingerprint density at radius 3 is 2.74 bits per heavy atom. The summed E-state index contributed by atoms with van der Waals surface area (Å²) in [5, 5.41) is 0. The average molecular weight is 401 g/mol. The van der Waals surface area contributed by atoms with Gasteiger partial charge in [-0.15, -0.1) is 11.3 Å². The lowest BCUT2D eigenvalue weighted by Gasteiger charge is -2.15. The first-order chi connectivity index (χ1) is 13.1. The Labute approximate surface area is 162 Å². The largest absolute Gasteiger partial charge is 0.495 e. The molecule has 1 aromatic carbocycles. The third kappa shape index (κ3) is 3.13. The second kappa shape index (κ2) is 6.98. The maximum Gasteiger partial charge on any atom is 0.357 e. The van der Waals surface area contributed by atoms with Gasteiger partial charge in [-0.05, 0) is 24.3 Å². The summed E-state index contributed by atoms with van der Waals surface area (Å²) in [6.07, 6.45) is 3.42. The zero-order valence-electron chi connectivity index (χ0n) is 14.1.